The van der Waals surface area contributed by atoms with Gasteiger partial charge in [0, 0.05) is 19.4 Å². The molecule has 1 saturated carbocycles. The average molecular weight is 671 g/mol. The van der Waals surface area contributed by atoms with Crippen LogP contribution in [-0.4, -0.2) is 113 Å². The minimum atomic E-state index is -1.14. The van der Waals surface area contributed by atoms with E-state index in [1.807, 2.05) is 0 Å². The van der Waals surface area contributed by atoms with E-state index in [-0.39, 0.29) is 45.0 Å². The summed E-state index contributed by atoms with van der Waals surface area (Å²) in [5.41, 5.74) is 5.33. The number of amides is 4. The fourth-order valence-corrected chi connectivity index (χ4v) is 5.44. The van der Waals surface area contributed by atoms with E-state index in [0.717, 1.165) is 12.8 Å². The van der Waals surface area contributed by atoms with Crippen LogP contribution >= 0.6 is 0 Å². The molecule has 2 aliphatic rings. The lowest BCUT2D eigenvalue weighted by atomic mass is 10.0. The molecule has 0 aromatic heterocycles. The number of ether oxygens (including phenoxy) is 5. The summed E-state index contributed by atoms with van der Waals surface area (Å²) in [5, 5.41) is 16.7. The summed E-state index contributed by atoms with van der Waals surface area (Å²) in [6, 6.07) is -2.09. The van der Waals surface area contributed by atoms with Gasteiger partial charge in [0.1, 0.15) is 12.1 Å². The molecule has 15 heteroatoms. The van der Waals surface area contributed by atoms with Gasteiger partial charge in [0.2, 0.25) is 17.7 Å². The fraction of sp³-hybridized carbons (Fsp3) is 0.781. The molecule has 2 rings (SSSR count). The molecule has 4 amide bonds. The Labute approximate surface area is 277 Å². The van der Waals surface area contributed by atoms with Gasteiger partial charge in [0.25, 0.3) is 0 Å². The predicted molar refractivity (Wildman–Crippen MR) is 170 cm³/mol. The summed E-state index contributed by atoms with van der Waals surface area (Å²) in [4.78, 5) is 59.4. The molecule has 0 radical (unpaired) electrons. The number of nitrogens with one attached hydrogen (secondary N) is 3. The Balaban J connectivity index is 1.40. The first-order chi connectivity index (χ1) is 22.6. The summed E-state index contributed by atoms with van der Waals surface area (Å²) >= 11 is 0. The highest BCUT2D eigenvalue weighted by atomic mass is 16.6. The van der Waals surface area contributed by atoms with Crippen LogP contribution in [0.5, 0.6) is 0 Å². The Kier molecular flexibility index (Phi) is 19.6. The number of hydrogen-bond donors (Lipinski definition) is 5. The number of carbonyl (C=O) groups is 5. The summed E-state index contributed by atoms with van der Waals surface area (Å²) in [5.74, 6) is -1.43. The largest absolute Gasteiger partial charge is 0.481 e. The Bertz CT molecular complexity index is 994. The second kappa shape index (κ2) is 23.1. The molecule has 47 heavy (non-hydrogen) atoms. The van der Waals surface area contributed by atoms with Crippen molar-refractivity contribution in [2.45, 2.75) is 70.9 Å². The quantitative estimate of drug-likeness (QED) is 0.0686. The van der Waals surface area contributed by atoms with Crippen molar-refractivity contribution in [3.63, 3.8) is 0 Å². The van der Waals surface area contributed by atoms with Gasteiger partial charge < -0.3 is 50.5 Å². The number of carboxylic acids is 1. The zero-order chi connectivity index (χ0) is 34.4. The third kappa shape index (κ3) is 17.5. The summed E-state index contributed by atoms with van der Waals surface area (Å²) < 4.78 is 27.1. The van der Waals surface area contributed by atoms with E-state index in [2.05, 4.69) is 28.1 Å². The molecule has 0 spiro atoms. The van der Waals surface area contributed by atoms with Crippen LogP contribution in [0.2, 0.25) is 0 Å². The Morgan fingerprint density at radius 1 is 0.809 bits per heavy atom. The number of nitrogens with two attached hydrogens (primary N) is 1. The maximum Gasteiger partial charge on any atom is 0.407 e. The van der Waals surface area contributed by atoms with Crippen LogP contribution in [0.25, 0.3) is 0 Å². The molecule has 0 aromatic carbocycles. The smallest absolute Gasteiger partial charge is 0.407 e. The molecule has 5 atom stereocenters. The summed E-state index contributed by atoms with van der Waals surface area (Å²) in [6.07, 6.45) is 8.15. The third-order valence-corrected chi connectivity index (χ3v) is 8.09. The van der Waals surface area contributed by atoms with Crippen molar-refractivity contribution in [3.8, 4) is 0 Å². The molecular formula is C32H54N4O11. The van der Waals surface area contributed by atoms with Crippen LogP contribution in [0.4, 0.5) is 4.79 Å². The average Bonchev–Trinajstić information content (AvgIpc) is 3.66. The van der Waals surface area contributed by atoms with E-state index in [1.54, 1.807) is 13.8 Å². The highest BCUT2D eigenvalue weighted by molar-refractivity contribution is 5.92. The van der Waals surface area contributed by atoms with E-state index in [4.69, 9.17) is 34.5 Å². The van der Waals surface area contributed by atoms with Crippen molar-refractivity contribution in [1.29, 1.82) is 0 Å². The van der Waals surface area contributed by atoms with E-state index in [0.29, 0.717) is 63.9 Å². The Morgan fingerprint density at radius 3 is 1.89 bits per heavy atom. The molecule has 0 saturated heterocycles. The van der Waals surface area contributed by atoms with Gasteiger partial charge >= 0.3 is 12.1 Å². The second-order valence-corrected chi connectivity index (χ2v) is 12.0. The topological polar surface area (TPSA) is 214 Å². The Morgan fingerprint density at radius 2 is 1.36 bits per heavy atom. The fourth-order valence-electron chi connectivity index (χ4n) is 5.44. The third-order valence-electron chi connectivity index (χ3n) is 8.09. The molecule has 268 valence electrons. The lowest BCUT2D eigenvalue weighted by molar-refractivity contribution is -0.138. The van der Waals surface area contributed by atoms with Gasteiger partial charge in [-0.25, -0.2) is 4.79 Å². The number of carbonyl (C=O) groups excluding carboxylic acids is 4. The van der Waals surface area contributed by atoms with E-state index >= 15 is 0 Å². The number of carboxylic acid groups (broad SMARTS) is 1. The molecule has 0 bridgehead atoms. The van der Waals surface area contributed by atoms with Gasteiger partial charge in [-0.3, -0.25) is 19.2 Å². The van der Waals surface area contributed by atoms with Gasteiger partial charge in [-0.1, -0.05) is 26.0 Å². The molecule has 1 fully saturated rings. The number of fused-ring (bicyclic) bond motifs is 1. The van der Waals surface area contributed by atoms with Crippen LogP contribution in [-0.2, 0) is 42.9 Å². The van der Waals surface area contributed by atoms with Gasteiger partial charge in [-0.15, -0.1) is 0 Å². The van der Waals surface area contributed by atoms with Gasteiger partial charge in [-0.2, -0.15) is 0 Å². The van der Waals surface area contributed by atoms with Crippen molar-refractivity contribution >= 4 is 29.8 Å². The van der Waals surface area contributed by atoms with Crippen molar-refractivity contribution in [2.75, 3.05) is 66.0 Å². The highest BCUT2D eigenvalue weighted by Gasteiger charge is 2.49. The zero-order valence-corrected chi connectivity index (χ0v) is 27.7. The zero-order valence-electron chi connectivity index (χ0n) is 27.7. The number of aliphatic carboxylic acids is 1. The molecule has 15 nitrogen and oxygen atoms in total. The highest BCUT2D eigenvalue weighted by Crippen LogP contribution is 2.52. The van der Waals surface area contributed by atoms with Crippen molar-refractivity contribution in [3.05, 3.63) is 12.2 Å². The number of rotatable bonds is 25. The molecule has 6 N–H and O–H groups in total. The van der Waals surface area contributed by atoms with Crippen LogP contribution in [0.15, 0.2) is 12.2 Å². The molecule has 0 aromatic rings. The molecule has 0 heterocycles. The first kappa shape index (κ1) is 39.9. The first-order valence-corrected chi connectivity index (χ1v) is 16.6. The molecule has 1 unspecified atom stereocenters. The standard InChI is InChI=1S/C32H54N4O11/c1-22(2)29(30(33)40)36-31(41)26(9-10-28(38)39)35-27(37)11-13-43-15-17-45-19-20-46-18-16-44-14-12-34-32(42)47-21-25-23-7-5-3-4-6-8-24(23)25/h3-4,22-26,29H,5-21H2,1-2H3,(H2,33,40)(H,34,42)(H,35,37)(H,36,41)(H,38,39)/b4-3-/t23-,24+,25?,26-,29+/m1/s1. The van der Waals surface area contributed by atoms with E-state index in [1.165, 1.54) is 12.8 Å². The normalized spacial score (nSPS) is 20.5. The van der Waals surface area contributed by atoms with E-state index in [9.17, 15) is 24.0 Å². The SMILES string of the molecule is CC(C)[C@H](NC(=O)[C@@H](CCC(=O)O)NC(=O)CCOCCOCCOCCOCCNC(=O)OCC1[C@H]2CC/C=C\CC[C@@H]12)C(N)=O. The molecule has 2 aliphatic carbocycles. The lowest BCUT2D eigenvalue weighted by Gasteiger charge is -2.23. The van der Waals surface area contributed by atoms with Crippen LogP contribution in [0, 0.1) is 23.7 Å². The molecule has 0 aliphatic heterocycles. The van der Waals surface area contributed by atoms with Gasteiger partial charge in [-0.05, 0) is 55.8 Å². The Hall–Kier alpha value is -3.27. The van der Waals surface area contributed by atoms with Gasteiger partial charge in [0.05, 0.1) is 59.5 Å². The number of allylic oxidation sites excluding steroid dienone is 2. The number of alkyl carbamates (subject to hydrolysis) is 1. The summed E-state index contributed by atoms with van der Waals surface area (Å²) in [6.45, 7) is 6.67. The van der Waals surface area contributed by atoms with Crippen LogP contribution in [0.1, 0.15) is 58.8 Å². The molecular weight excluding hydrogens is 616 g/mol. The van der Waals surface area contributed by atoms with Crippen LogP contribution in [0.3, 0.4) is 0 Å². The maximum absolute atomic E-state index is 12.6. The van der Waals surface area contributed by atoms with Crippen molar-refractivity contribution < 1.29 is 52.8 Å². The lowest BCUT2D eigenvalue weighted by Crippen LogP contribution is -2.54. The summed E-state index contributed by atoms with van der Waals surface area (Å²) in [7, 11) is 0. The minimum Gasteiger partial charge on any atom is -0.481 e. The second-order valence-electron chi connectivity index (χ2n) is 12.0. The van der Waals surface area contributed by atoms with E-state index < -0.39 is 41.9 Å². The minimum absolute atomic E-state index is 0.0561. The van der Waals surface area contributed by atoms with Crippen molar-refractivity contribution in [2.24, 2.45) is 29.4 Å². The first-order valence-electron chi connectivity index (χ1n) is 16.6. The van der Waals surface area contributed by atoms with Crippen molar-refractivity contribution in [1.82, 2.24) is 16.0 Å². The number of hydrogen-bond acceptors (Lipinski definition) is 10. The van der Waals surface area contributed by atoms with Crippen LogP contribution < -0.4 is 21.7 Å². The predicted octanol–water partition coefficient (Wildman–Crippen LogP) is 1.14. The van der Waals surface area contributed by atoms with Gasteiger partial charge in [0.15, 0.2) is 0 Å². The maximum atomic E-state index is 12.6. The monoisotopic (exact) mass is 670 g/mol. The number of primary amides is 1.